The largest absolute Gasteiger partial charge is 0.494 e. The minimum atomic E-state index is -0.431. The van der Waals surface area contributed by atoms with Gasteiger partial charge in [-0.15, -0.1) is 0 Å². The van der Waals surface area contributed by atoms with Crippen molar-refractivity contribution < 1.29 is 14.3 Å². The van der Waals surface area contributed by atoms with Gasteiger partial charge in [0.15, 0.2) is 0 Å². The molecule has 2 fully saturated rings. The number of nitrogens with one attached hydrogen (secondary N) is 2. The summed E-state index contributed by atoms with van der Waals surface area (Å²) in [6.45, 7) is 4.50. The Bertz CT molecular complexity index is 628. The molecule has 0 spiro atoms. The van der Waals surface area contributed by atoms with Gasteiger partial charge < -0.3 is 15.4 Å². The average Bonchev–Trinajstić information content (AvgIpc) is 3.13. The van der Waals surface area contributed by atoms with E-state index in [2.05, 4.69) is 15.5 Å². The van der Waals surface area contributed by atoms with Crippen LogP contribution in [-0.2, 0) is 16.1 Å². The van der Waals surface area contributed by atoms with Crippen molar-refractivity contribution in [3.05, 3.63) is 29.8 Å². The Balaban J connectivity index is 1.66. The summed E-state index contributed by atoms with van der Waals surface area (Å²) in [4.78, 5) is 26.9. The van der Waals surface area contributed by atoms with Crippen LogP contribution in [0.4, 0.5) is 0 Å². The van der Waals surface area contributed by atoms with Crippen LogP contribution in [0, 0.1) is 0 Å². The maximum absolute atomic E-state index is 12.4. The van der Waals surface area contributed by atoms with E-state index in [1.165, 1.54) is 12.8 Å². The molecule has 0 radical (unpaired) electrons. The number of nitrogens with zero attached hydrogens (tertiary/aromatic N) is 1. The number of hydrogen-bond donors (Lipinski definition) is 2. The molecular weight excluding hydrogens is 330 g/mol. The molecule has 6 heteroatoms. The van der Waals surface area contributed by atoms with Crippen molar-refractivity contribution in [2.24, 2.45) is 0 Å². The first-order chi connectivity index (χ1) is 12.7. The van der Waals surface area contributed by atoms with Crippen molar-refractivity contribution in [1.82, 2.24) is 15.5 Å². The molecule has 2 aliphatic rings. The highest BCUT2D eigenvalue weighted by Gasteiger charge is 2.32. The topological polar surface area (TPSA) is 70.7 Å². The summed E-state index contributed by atoms with van der Waals surface area (Å²) in [6, 6.07) is 7.74. The lowest BCUT2D eigenvalue weighted by Gasteiger charge is -2.35. The van der Waals surface area contributed by atoms with Gasteiger partial charge in [0.05, 0.1) is 19.1 Å². The van der Waals surface area contributed by atoms with E-state index < -0.39 is 6.04 Å². The van der Waals surface area contributed by atoms with Gasteiger partial charge in [0.2, 0.25) is 11.8 Å². The molecule has 3 rings (SSSR count). The summed E-state index contributed by atoms with van der Waals surface area (Å²) in [6.07, 6.45) is 4.66. The summed E-state index contributed by atoms with van der Waals surface area (Å²) in [5.41, 5.74) is 1.05. The molecule has 2 amide bonds. The van der Waals surface area contributed by atoms with Crippen LogP contribution >= 0.6 is 0 Å². The van der Waals surface area contributed by atoms with Crippen LogP contribution in [0.15, 0.2) is 24.3 Å². The Labute approximate surface area is 155 Å². The fourth-order valence-corrected chi connectivity index (χ4v) is 3.86. The zero-order chi connectivity index (χ0) is 18.4. The van der Waals surface area contributed by atoms with Gasteiger partial charge in [-0.2, -0.15) is 0 Å². The van der Waals surface area contributed by atoms with Gasteiger partial charge in [-0.25, -0.2) is 0 Å². The van der Waals surface area contributed by atoms with Gasteiger partial charge >= 0.3 is 0 Å². The third-order valence-electron chi connectivity index (χ3n) is 5.19. The van der Waals surface area contributed by atoms with Crippen molar-refractivity contribution in [2.45, 2.75) is 57.7 Å². The van der Waals surface area contributed by atoms with E-state index in [0.717, 1.165) is 30.7 Å². The van der Waals surface area contributed by atoms with Gasteiger partial charge in [-0.1, -0.05) is 31.0 Å². The maximum Gasteiger partial charge on any atom is 0.237 e. The quantitative estimate of drug-likeness (QED) is 0.779. The number of hydrogen-bond acceptors (Lipinski definition) is 4. The van der Waals surface area contributed by atoms with Crippen LogP contribution in [0.5, 0.6) is 5.75 Å². The predicted octanol–water partition coefficient (Wildman–Crippen LogP) is 1.83. The first-order valence-electron chi connectivity index (χ1n) is 9.69. The summed E-state index contributed by atoms with van der Waals surface area (Å²) < 4.78 is 5.70. The fraction of sp³-hybridized carbons (Fsp3) is 0.600. The van der Waals surface area contributed by atoms with Crippen molar-refractivity contribution in [3.8, 4) is 5.75 Å². The predicted molar refractivity (Wildman–Crippen MR) is 99.8 cm³/mol. The highest BCUT2D eigenvalue weighted by Crippen LogP contribution is 2.23. The molecular formula is C20H29N3O3. The lowest BCUT2D eigenvalue weighted by molar-refractivity contribution is -0.134. The summed E-state index contributed by atoms with van der Waals surface area (Å²) in [5, 5.41) is 5.99. The molecule has 1 aliphatic heterocycles. The number of rotatable bonds is 7. The molecule has 2 N–H and O–H groups in total. The Morgan fingerprint density at radius 1 is 1.31 bits per heavy atom. The third kappa shape index (κ3) is 4.75. The molecule has 1 saturated carbocycles. The number of carbonyl (C=O) groups is 2. The highest BCUT2D eigenvalue weighted by molar-refractivity contribution is 5.88. The van der Waals surface area contributed by atoms with E-state index in [1.807, 2.05) is 31.2 Å². The number of benzene rings is 1. The molecule has 1 aliphatic carbocycles. The minimum absolute atomic E-state index is 0.0259. The minimum Gasteiger partial charge on any atom is -0.494 e. The number of ether oxygens (including phenoxy) is 1. The molecule has 6 nitrogen and oxygen atoms in total. The zero-order valence-corrected chi connectivity index (χ0v) is 15.5. The molecule has 0 aromatic heterocycles. The highest BCUT2D eigenvalue weighted by atomic mass is 16.5. The standard InChI is InChI=1S/C20H29N3O3/c1-2-26-18-10-6-3-7-15(18)14-23-12-11-21-20(25)17(23)13-19(24)22-16-8-4-5-9-16/h3,6-7,10,16-17H,2,4-5,8-9,11-14H2,1H3,(H,21,25)(H,22,24). The molecule has 26 heavy (non-hydrogen) atoms. The number of carbonyl (C=O) groups excluding carboxylic acids is 2. The summed E-state index contributed by atoms with van der Waals surface area (Å²) >= 11 is 0. The monoisotopic (exact) mass is 359 g/mol. The van der Waals surface area contributed by atoms with Gasteiger partial charge in [-0.3, -0.25) is 14.5 Å². The molecule has 1 unspecified atom stereocenters. The van der Waals surface area contributed by atoms with Gasteiger partial charge in [0.25, 0.3) is 0 Å². The van der Waals surface area contributed by atoms with Crippen molar-refractivity contribution >= 4 is 11.8 Å². The van der Waals surface area contributed by atoms with Crippen LogP contribution in [0.3, 0.4) is 0 Å². The SMILES string of the molecule is CCOc1ccccc1CN1CCNC(=O)C1CC(=O)NC1CCCC1. The molecule has 1 atom stereocenters. The second-order valence-corrected chi connectivity index (χ2v) is 7.07. The molecule has 1 aromatic carbocycles. The molecule has 1 saturated heterocycles. The summed E-state index contributed by atoms with van der Waals surface area (Å²) in [7, 11) is 0. The lowest BCUT2D eigenvalue weighted by atomic mass is 10.1. The Hall–Kier alpha value is -2.08. The smallest absolute Gasteiger partial charge is 0.237 e. The number of para-hydroxylation sites is 1. The van der Waals surface area contributed by atoms with Crippen molar-refractivity contribution in [1.29, 1.82) is 0 Å². The molecule has 1 aromatic rings. The first-order valence-corrected chi connectivity index (χ1v) is 9.69. The van der Waals surface area contributed by atoms with Crippen molar-refractivity contribution in [2.75, 3.05) is 19.7 Å². The van der Waals surface area contributed by atoms with Gasteiger partial charge in [0.1, 0.15) is 5.75 Å². The first kappa shape index (κ1) is 18.7. The number of amides is 2. The Morgan fingerprint density at radius 2 is 2.08 bits per heavy atom. The molecule has 142 valence electrons. The second kappa shape index (κ2) is 9.03. The lowest BCUT2D eigenvalue weighted by Crippen LogP contribution is -2.56. The average molecular weight is 359 g/mol. The Morgan fingerprint density at radius 3 is 2.85 bits per heavy atom. The van der Waals surface area contributed by atoms with Crippen LogP contribution in [0.2, 0.25) is 0 Å². The van der Waals surface area contributed by atoms with E-state index in [-0.39, 0.29) is 24.3 Å². The Kier molecular flexibility index (Phi) is 6.50. The van der Waals surface area contributed by atoms with Gasteiger partial charge in [-0.05, 0) is 25.8 Å². The fourth-order valence-electron chi connectivity index (χ4n) is 3.86. The molecule has 1 heterocycles. The molecule has 0 bridgehead atoms. The van der Waals surface area contributed by atoms with E-state index in [1.54, 1.807) is 0 Å². The number of piperazine rings is 1. The maximum atomic E-state index is 12.4. The van der Waals surface area contributed by atoms with Crippen molar-refractivity contribution in [3.63, 3.8) is 0 Å². The van der Waals surface area contributed by atoms with Crippen LogP contribution < -0.4 is 15.4 Å². The van der Waals surface area contributed by atoms with Crippen LogP contribution in [0.1, 0.15) is 44.6 Å². The summed E-state index contributed by atoms with van der Waals surface area (Å²) in [5.74, 6) is 0.754. The van der Waals surface area contributed by atoms with E-state index >= 15 is 0 Å². The van der Waals surface area contributed by atoms with Crippen LogP contribution in [-0.4, -0.2) is 48.5 Å². The second-order valence-electron chi connectivity index (χ2n) is 7.07. The normalized spacial score (nSPS) is 21.4. The van der Waals surface area contributed by atoms with Crippen LogP contribution in [0.25, 0.3) is 0 Å². The third-order valence-corrected chi connectivity index (χ3v) is 5.19. The zero-order valence-electron chi connectivity index (χ0n) is 15.5. The van der Waals surface area contributed by atoms with E-state index in [9.17, 15) is 9.59 Å². The van der Waals surface area contributed by atoms with E-state index in [0.29, 0.717) is 19.7 Å². The van der Waals surface area contributed by atoms with E-state index in [4.69, 9.17) is 4.74 Å². The van der Waals surface area contributed by atoms with Gasteiger partial charge in [0, 0.05) is 31.2 Å².